The number of aromatic nitrogens is 2. The molecular formula is C34H44N4O4. The van der Waals surface area contributed by atoms with Gasteiger partial charge in [0.15, 0.2) is 0 Å². The fourth-order valence-electron chi connectivity index (χ4n) is 6.06. The molecule has 2 aromatic heterocycles. The number of nitrogens with zero attached hydrogens (tertiary/aromatic N) is 2. The lowest BCUT2D eigenvalue weighted by atomic mass is 9.73. The Morgan fingerprint density at radius 3 is 2.67 bits per heavy atom. The third-order valence-corrected chi connectivity index (χ3v) is 8.20. The van der Waals surface area contributed by atoms with E-state index in [1.165, 1.54) is 12.7 Å². The van der Waals surface area contributed by atoms with Crippen molar-refractivity contribution in [1.82, 2.24) is 20.6 Å². The molecule has 0 unspecified atom stereocenters. The molecule has 1 amide bonds. The molecule has 1 aliphatic heterocycles. The maximum atomic E-state index is 12.6. The van der Waals surface area contributed by atoms with Crippen molar-refractivity contribution in [2.24, 2.45) is 5.41 Å². The topological polar surface area (TPSA) is 106 Å². The summed E-state index contributed by atoms with van der Waals surface area (Å²) in [4.78, 5) is 21.8. The Morgan fingerprint density at radius 1 is 1.14 bits per heavy atom. The van der Waals surface area contributed by atoms with Gasteiger partial charge in [0, 0.05) is 49.6 Å². The maximum absolute atomic E-state index is 12.6. The third-order valence-electron chi connectivity index (χ3n) is 8.20. The van der Waals surface area contributed by atoms with Gasteiger partial charge in [0.05, 0.1) is 17.8 Å². The van der Waals surface area contributed by atoms with E-state index >= 15 is 0 Å². The van der Waals surface area contributed by atoms with Crippen LogP contribution < -0.4 is 15.4 Å². The van der Waals surface area contributed by atoms with Crippen LogP contribution in [-0.2, 0) is 22.4 Å². The first-order valence-corrected chi connectivity index (χ1v) is 15.0. The van der Waals surface area contributed by atoms with Gasteiger partial charge in [-0.3, -0.25) is 9.78 Å². The number of carbonyl (C=O) groups is 1. The van der Waals surface area contributed by atoms with Crippen LogP contribution in [0.1, 0.15) is 69.2 Å². The van der Waals surface area contributed by atoms with Gasteiger partial charge in [-0.05, 0) is 72.9 Å². The molecule has 1 aromatic carbocycles. The second-order valence-corrected chi connectivity index (χ2v) is 13.1. The number of rotatable bonds is 11. The normalized spacial score (nSPS) is 18.8. The molecule has 3 heterocycles. The van der Waals surface area contributed by atoms with E-state index in [1.54, 1.807) is 6.20 Å². The van der Waals surface area contributed by atoms with Gasteiger partial charge in [-0.25, -0.2) is 4.98 Å². The summed E-state index contributed by atoms with van der Waals surface area (Å²) in [6.45, 7) is 6.91. The molecule has 3 N–H and O–H groups in total. The van der Waals surface area contributed by atoms with Crippen molar-refractivity contribution in [3.63, 3.8) is 0 Å². The highest BCUT2D eigenvalue weighted by atomic mass is 16.5. The average Bonchev–Trinajstić information content (AvgIpc) is 2.94. The minimum atomic E-state index is -0.835. The second-order valence-electron chi connectivity index (χ2n) is 13.1. The smallest absolute Gasteiger partial charge is 0.246 e. The zero-order valence-corrected chi connectivity index (χ0v) is 25.2. The van der Waals surface area contributed by atoms with Crippen LogP contribution in [0.25, 0.3) is 11.3 Å². The van der Waals surface area contributed by atoms with E-state index < -0.39 is 12.1 Å². The molecule has 42 heavy (non-hydrogen) atoms. The molecule has 3 atom stereocenters. The molecule has 0 bridgehead atoms. The number of nitrogens with one attached hydrogen (secondary N) is 2. The molecule has 5 rings (SSSR count). The van der Waals surface area contributed by atoms with Gasteiger partial charge in [0.25, 0.3) is 0 Å². The number of fused-ring (bicyclic) bond motifs is 1. The summed E-state index contributed by atoms with van der Waals surface area (Å²) >= 11 is 0. The Bertz CT molecular complexity index is 1350. The van der Waals surface area contributed by atoms with Crippen molar-refractivity contribution < 1.29 is 19.4 Å². The maximum Gasteiger partial charge on any atom is 0.246 e. The highest BCUT2D eigenvalue weighted by Gasteiger charge is 2.46. The first kappa shape index (κ1) is 30.1. The van der Waals surface area contributed by atoms with E-state index in [0.29, 0.717) is 18.8 Å². The van der Waals surface area contributed by atoms with Gasteiger partial charge in [-0.2, -0.15) is 0 Å². The van der Waals surface area contributed by atoms with Gasteiger partial charge in [0.2, 0.25) is 11.8 Å². The van der Waals surface area contributed by atoms with Crippen LogP contribution in [0.4, 0.5) is 0 Å². The molecular weight excluding hydrogens is 528 g/mol. The monoisotopic (exact) mass is 572 g/mol. The first-order valence-electron chi connectivity index (χ1n) is 15.0. The Kier molecular flexibility index (Phi) is 9.25. The van der Waals surface area contributed by atoms with Crippen LogP contribution in [0.2, 0.25) is 0 Å². The minimum Gasteiger partial charge on any atom is -0.471 e. The first-order chi connectivity index (χ1) is 20.1. The number of ether oxygens (including phenoxy) is 2. The highest BCUT2D eigenvalue weighted by molar-refractivity contribution is 5.77. The summed E-state index contributed by atoms with van der Waals surface area (Å²) in [6, 6.07) is 15.6. The van der Waals surface area contributed by atoms with Crippen molar-refractivity contribution >= 4 is 5.91 Å². The highest BCUT2D eigenvalue weighted by Crippen LogP contribution is 2.48. The lowest BCUT2D eigenvalue weighted by molar-refractivity contribution is -0.126. The molecule has 8 heteroatoms. The van der Waals surface area contributed by atoms with Crippen LogP contribution in [0.15, 0.2) is 60.9 Å². The molecule has 0 radical (unpaired) electrons. The zero-order chi connectivity index (χ0) is 29.7. The van der Waals surface area contributed by atoms with E-state index in [0.717, 1.165) is 54.5 Å². The molecule has 1 fully saturated rings. The number of hydrogen-bond acceptors (Lipinski definition) is 7. The molecule has 1 saturated carbocycles. The van der Waals surface area contributed by atoms with Gasteiger partial charge in [0.1, 0.15) is 12.2 Å². The predicted octanol–water partition coefficient (Wildman–Crippen LogP) is 4.80. The lowest BCUT2D eigenvalue weighted by Crippen LogP contribution is -2.52. The van der Waals surface area contributed by atoms with Crippen LogP contribution >= 0.6 is 0 Å². The molecule has 0 saturated heterocycles. The Hall–Kier alpha value is -3.33. The fraction of sp³-hybridized carbons (Fsp3) is 0.500. The van der Waals surface area contributed by atoms with Crippen molar-refractivity contribution in [3.8, 4) is 17.1 Å². The van der Waals surface area contributed by atoms with Crippen molar-refractivity contribution in [1.29, 1.82) is 0 Å². The number of carbonyl (C=O) groups excluding carboxylic acids is 1. The number of aliphatic hydroxyl groups excluding tert-OH is 1. The third kappa shape index (κ3) is 7.54. The second kappa shape index (κ2) is 12.9. The molecule has 8 nitrogen and oxygen atoms in total. The van der Waals surface area contributed by atoms with E-state index in [-0.39, 0.29) is 29.6 Å². The van der Waals surface area contributed by atoms with E-state index in [9.17, 15) is 9.90 Å². The fourth-order valence-corrected chi connectivity index (χ4v) is 6.06. The molecule has 1 spiro atoms. The zero-order valence-electron chi connectivity index (χ0n) is 25.2. The molecule has 1 aliphatic carbocycles. The number of methoxy groups -OCH3 is 1. The van der Waals surface area contributed by atoms with Crippen LogP contribution in [-0.4, -0.2) is 59.0 Å². The van der Waals surface area contributed by atoms with E-state index in [1.807, 2.05) is 42.6 Å². The molecule has 224 valence electrons. The minimum absolute atomic E-state index is 0.000993. The summed E-state index contributed by atoms with van der Waals surface area (Å²) in [6.07, 6.45) is 8.27. The van der Waals surface area contributed by atoms with E-state index in [2.05, 4.69) is 48.5 Å². The summed E-state index contributed by atoms with van der Waals surface area (Å²) in [5.74, 6) is 0.435. The van der Waals surface area contributed by atoms with Gasteiger partial charge in [-0.1, -0.05) is 45.0 Å². The standard InChI is InChI=1S/C34H44N4O4/c1-33(2,3)18-24-16-26-29(19-34(12-8-13-34)42-32(26)37-20-24)36-21-30(39)28(38-31(40)22-41-4)17-23-9-7-10-25(15-23)27-11-5-6-14-35-27/h5-7,9-11,14-16,20,28-30,36,39H,8,12-13,17-19,21-22H2,1-4H3,(H,38,40)/t28-,29-,30-/m0/s1. The number of amides is 1. The van der Waals surface area contributed by atoms with Crippen molar-refractivity contribution in [2.75, 3.05) is 20.3 Å². The number of pyridine rings is 2. The lowest BCUT2D eigenvalue weighted by Gasteiger charge is -2.47. The van der Waals surface area contributed by atoms with Gasteiger partial charge in [-0.15, -0.1) is 0 Å². The summed E-state index contributed by atoms with van der Waals surface area (Å²) in [5.41, 5.74) is 5.05. The average molecular weight is 573 g/mol. The van der Waals surface area contributed by atoms with Gasteiger partial charge >= 0.3 is 0 Å². The number of hydrogen-bond donors (Lipinski definition) is 3. The largest absolute Gasteiger partial charge is 0.471 e. The van der Waals surface area contributed by atoms with Crippen LogP contribution in [0.5, 0.6) is 5.88 Å². The summed E-state index contributed by atoms with van der Waals surface area (Å²) < 4.78 is 11.5. The van der Waals surface area contributed by atoms with Crippen LogP contribution in [0, 0.1) is 5.41 Å². The number of aliphatic hydroxyl groups is 1. The van der Waals surface area contributed by atoms with Crippen molar-refractivity contribution in [2.45, 2.75) is 83.1 Å². The Labute approximate surface area is 249 Å². The van der Waals surface area contributed by atoms with E-state index in [4.69, 9.17) is 14.5 Å². The van der Waals surface area contributed by atoms with Crippen molar-refractivity contribution in [3.05, 3.63) is 77.6 Å². The summed E-state index contributed by atoms with van der Waals surface area (Å²) in [7, 11) is 1.49. The number of benzene rings is 1. The molecule has 2 aliphatic rings. The SMILES string of the molecule is COCC(=O)N[C@@H](Cc1cccc(-c2ccccn2)c1)[C@@H](O)CN[C@H]1CC2(CCC2)Oc2ncc(CC(C)(C)C)cc21. The quantitative estimate of drug-likeness (QED) is 0.303. The molecule has 3 aromatic rings. The van der Waals surface area contributed by atoms with Gasteiger partial charge < -0.3 is 25.2 Å². The Morgan fingerprint density at radius 2 is 1.98 bits per heavy atom. The van der Waals surface area contributed by atoms with Crippen LogP contribution in [0.3, 0.4) is 0 Å². The Balaban J connectivity index is 1.33. The predicted molar refractivity (Wildman–Crippen MR) is 163 cm³/mol. The summed E-state index contributed by atoms with van der Waals surface area (Å²) in [5, 5.41) is 18.1.